The Hall–Kier alpha value is -2.21. The van der Waals surface area contributed by atoms with E-state index < -0.39 is 5.97 Å². The third kappa shape index (κ3) is 4.41. The first-order valence-electron chi connectivity index (χ1n) is 8.20. The fourth-order valence-corrected chi connectivity index (χ4v) is 3.56. The Balaban J connectivity index is 1.50. The molecule has 1 saturated heterocycles. The Kier molecular flexibility index (Phi) is 5.59. The Morgan fingerprint density at radius 1 is 1.17 bits per heavy atom. The minimum atomic E-state index is -0.516. The Labute approximate surface area is 144 Å². The maximum absolute atomic E-state index is 12.1. The predicted octanol–water partition coefficient (Wildman–Crippen LogP) is 3.26. The van der Waals surface area contributed by atoms with Crippen LogP contribution in [0.4, 0.5) is 0 Å². The standard InChI is InChI=1S/C18H20N2O3S/c21-17(20-11-5-1-2-6-12-20)13-23-18(22)10-9-16-19-14-7-3-4-8-15(14)24-16/h3-4,7-10H,1-2,5-6,11-13H2. The van der Waals surface area contributed by atoms with Gasteiger partial charge in [-0.25, -0.2) is 9.78 Å². The van der Waals surface area contributed by atoms with Crippen LogP contribution in [-0.4, -0.2) is 41.5 Å². The van der Waals surface area contributed by atoms with Crippen LogP contribution in [0.3, 0.4) is 0 Å². The van der Waals surface area contributed by atoms with E-state index >= 15 is 0 Å². The van der Waals surface area contributed by atoms with Crippen LogP contribution in [0.15, 0.2) is 30.3 Å². The number of hydrogen-bond acceptors (Lipinski definition) is 5. The van der Waals surface area contributed by atoms with Gasteiger partial charge in [0.05, 0.1) is 10.2 Å². The summed E-state index contributed by atoms with van der Waals surface area (Å²) in [7, 11) is 0. The number of likely N-dealkylation sites (tertiary alicyclic amines) is 1. The summed E-state index contributed by atoms with van der Waals surface area (Å²) in [6, 6.07) is 7.80. The number of benzene rings is 1. The SMILES string of the molecule is O=C(C=Cc1nc2ccccc2s1)OCC(=O)N1CCCCCC1. The van der Waals surface area contributed by atoms with Crippen LogP contribution in [0.25, 0.3) is 16.3 Å². The lowest BCUT2D eigenvalue weighted by Gasteiger charge is -2.19. The number of ether oxygens (including phenoxy) is 1. The van der Waals surface area contributed by atoms with Gasteiger partial charge in [-0.3, -0.25) is 4.79 Å². The minimum Gasteiger partial charge on any atom is -0.452 e. The third-order valence-electron chi connectivity index (χ3n) is 3.97. The van der Waals surface area contributed by atoms with Crippen LogP contribution >= 0.6 is 11.3 Å². The molecule has 1 aromatic heterocycles. The molecule has 0 unspecified atom stereocenters. The molecular weight excluding hydrogens is 324 g/mol. The summed E-state index contributed by atoms with van der Waals surface area (Å²) in [6.07, 6.45) is 7.33. The van der Waals surface area contributed by atoms with Gasteiger partial charge in [0.2, 0.25) is 0 Å². The zero-order chi connectivity index (χ0) is 16.8. The highest BCUT2D eigenvalue weighted by Gasteiger charge is 2.16. The van der Waals surface area contributed by atoms with Crippen molar-refractivity contribution in [2.24, 2.45) is 0 Å². The quantitative estimate of drug-likeness (QED) is 0.631. The summed E-state index contributed by atoms with van der Waals surface area (Å²) >= 11 is 1.51. The summed E-state index contributed by atoms with van der Waals surface area (Å²) in [5.41, 5.74) is 0.909. The van der Waals surface area contributed by atoms with Crippen LogP contribution in [0.5, 0.6) is 0 Å². The van der Waals surface area contributed by atoms with Gasteiger partial charge in [0.25, 0.3) is 5.91 Å². The van der Waals surface area contributed by atoms with Crippen molar-refractivity contribution in [3.8, 4) is 0 Å². The molecule has 3 rings (SSSR count). The number of thiazole rings is 1. The van der Waals surface area contributed by atoms with Crippen molar-refractivity contribution in [3.05, 3.63) is 35.3 Å². The molecule has 1 aromatic carbocycles. The zero-order valence-electron chi connectivity index (χ0n) is 13.4. The molecule has 1 amide bonds. The maximum Gasteiger partial charge on any atom is 0.331 e. The molecule has 2 aromatic rings. The average molecular weight is 344 g/mol. The van der Waals surface area contributed by atoms with Crippen LogP contribution in [0, 0.1) is 0 Å². The van der Waals surface area contributed by atoms with Gasteiger partial charge in [-0.2, -0.15) is 0 Å². The lowest BCUT2D eigenvalue weighted by Crippen LogP contribution is -2.35. The molecule has 2 heterocycles. The smallest absolute Gasteiger partial charge is 0.331 e. The molecule has 24 heavy (non-hydrogen) atoms. The minimum absolute atomic E-state index is 0.112. The third-order valence-corrected chi connectivity index (χ3v) is 4.97. The fraction of sp³-hybridized carbons (Fsp3) is 0.389. The summed E-state index contributed by atoms with van der Waals surface area (Å²) in [4.78, 5) is 30.0. The number of rotatable bonds is 4. The molecule has 0 spiro atoms. The molecule has 0 radical (unpaired) electrons. The van der Waals surface area contributed by atoms with E-state index in [1.807, 2.05) is 24.3 Å². The largest absolute Gasteiger partial charge is 0.452 e. The van der Waals surface area contributed by atoms with E-state index in [4.69, 9.17) is 4.74 Å². The Morgan fingerprint density at radius 2 is 1.92 bits per heavy atom. The van der Waals surface area contributed by atoms with Crippen LogP contribution < -0.4 is 0 Å². The molecule has 0 bridgehead atoms. The summed E-state index contributed by atoms with van der Waals surface area (Å²) in [5, 5.41) is 0.743. The summed E-state index contributed by atoms with van der Waals surface area (Å²) in [6.45, 7) is 1.33. The van der Waals surface area contributed by atoms with Gasteiger partial charge in [-0.05, 0) is 31.1 Å². The molecular formula is C18H20N2O3S. The number of para-hydroxylation sites is 1. The van der Waals surface area contributed by atoms with Gasteiger partial charge in [-0.15, -0.1) is 11.3 Å². The number of esters is 1. The highest BCUT2D eigenvalue weighted by atomic mass is 32.1. The first kappa shape index (κ1) is 16.6. The van der Waals surface area contributed by atoms with Crippen LogP contribution in [-0.2, 0) is 14.3 Å². The van der Waals surface area contributed by atoms with E-state index in [0.29, 0.717) is 0 Å². The average Bonchev–Trinajstić information content (AvgIpc) is 2.81. The number of amides is 1. The van der Waals surface area contributed by atoms with Crippen molar-refractivity contribution in [1.29, 1.82) is 0 Å². The number of carbonyl (C=O) groups excluding carboxylic acids is 2. The molecule has 1 aliphatic heterocycles. The number of hydrogen-bond donors (Lipinski definition) is 0. The first-order chi connectivity index (χ1) is 11.7. The van der Waals surface area contributed by atoms with E-state index in [2.05, 4.69) is 4.98 Å². The maximum atomic E-state index is 12.1. The second kappa shape index (κ2) is 8.06. The molecule has 6 heteroatoms. The zero-order valence-corrected chi connectivity index (χ0v) is 14.3. The molecule has 1 fully saturated rings. The van der Waals surface area contributed by atoms with Crippen molar-refractivity contribution in [2.75, 3.05) is 19.7 Å². The predicted molar refractivity (Wildman–Crippen MR) is 94.7 cm³/mol. The Morgan fingerprint density at radius 3 is 2.67 bits per heavy atom. The number of fused-ring (bicyclic) bond motifs is 1. The molecule has 5 nitrogen and oxygen atoms in total. The van der Waals surface area contributed by atoms with Crippen LogP contribution in [0.1, 0.15) is 30.7 Å². The monoisotopic (exact) mass is 344 g/mol. The number of aromatic nitrogens is 1. The molecule has 1 aliphatic rings. The lowest BCUT2D eigenvalue weighted by atomic mass is 10.2. The van der Waals surface area contributed by atoms with Crippen molar-refractivity contribution in [1.82, 2.24) is 9.88 Å². The fourth-order valence-electron chi connectivity index (χ4n) is 2.69. The highest BCUT2D eigenvalue weighted by molar-refractivity contribution is 7.19. The topological polar surface area (TPSA) is 59.5 Å². The second-order valence-electron chi connectivity index (χ2n) is 5.76. The van der Waals surface area contributed by atoms with Crippen molar-refractivity contribution in [3.63, 3.8) is 0 Å². The van der Waals surface area contributed by atoms with E-state index in [9.17, 15) is 9.59 Å². The van der Waals surface area contributed by atoms with E-state index in [0.717, 1.165) is 54.0 Å². The van der Waals surface area contributed by atoms with Crippen LogP contribution in [0.2, 0.25) is 0 Å². The summed E-state index contributed by atoms with van der Waals surface area (Å²) in [5.74, 6) is -0.629. The van der Waals surface area contributed by atoms with Gasteiger partial charge in [0.1, 0.15) is 5.01 Å². The van der Waals surface area contributed by atoms with Gasteiger partial charge in [0.15, 0.2) is 6.61 Å². The van der Waals surface area contributed by atoms with E-state index in [1.54, 1.807) is 11.0 Å². The van der Waals surface area contributed by atoms with Crippen molar-refractivity contribution < 1.29 is 14.3 Å². The molecule has 0 N–H and O–H groups in total. The Bertz CT molecular complexity index is 713. The normalized spacial score (nSPS) is 15.6. The summed E-state index contributed by atoms with van der Waals surface area (Å²) < 4.78 is 6.12. The number of nitrogens with zero attached hydrogens (tertiary/aromatic N) is 2. The molecule has 0 aliphatic carbocycles. The van der Waals surface area contributed by atoms with Gasteiger partial charge in [-0.1, -0.05) is 25.0 Å². The van der Waals surface area contributed by atoms with E-state index in [1.165, 1.54) is 17.4 Å². The lowest BCUT2D eigenvalue weighted by molar-refractivity contribution is -0.148. The number of carbonyl (C=O) groups is 2. The van der Waals surface area contributed by atoms with E-state index in [-0.39, 0.29) is 12.5 Å². The van der Waals surface area contributed by atoms with Gasteiger partial charge < -0.3 is 9.64 Å². The van der Waals surface area contributed by atoms with Gasteiger partial charge >= 0.3 is 5.97 Å². The van der Waals surface area contributed by atoms with Crippen molar-refractivity contribution in [2.45, 2.75) is 25.7 Å². The highest BCUT2D eigenvalue weighted by Crippen LogP contribution is 2.22. The molecule has 0 saturated carbocycles. The first-order valence-corrected chi connectivity index (χ1v) is 9.02. The second-order valence-corrected chi connectivity index (χ2v) is 6.82. The molecule has 0 atom stereocenters. The van der Waals surface area contributed by atoms with Crippen molar-refractivity contribution >= 4 is 39.5 Å². The molecule has 126 valence electrons. The van der Waals surface area contributed by atoms with Gasteiger partial charge in [0, 0.05) is 19.2 Å².